The first-order valence-electron chi connectivity index (χ1n) is 5.11. The summed E-state index contributed by atoms with van der Waals surface area (Å²) in [7, 11) is 0. The van der Waals surface area contributed by atoms with E-state index in [0.29, 0.717) is 11.3 Å². The van der Waals surface area contributed by atoms with Gasteiger partial charge < -0.3 is 0 Å². The van der Waals surface area contributed by atoms with Crippen LogP contribution in [0.4, 0.5) is 0 Å². The van der Waals surface area contributed by atoms with E-state index >= 15 is 0 Å². The van der Waals surface area contributed by atoms with E-state index in [1.165, 1.54) is 6.42 Å². The molecule has 3 nitrogen and oxygen atoms in total. The summed E-state index contributed by atoms with van der Waals surface area (Å²) in [5.41, 5.74) is 8.93. The van der Waals surface area contributed by atoms with E-state index in [1.54, 1.807) is 0 Å². The van der Waals surface area contributed by atoms with Crippen LogP contribution in [0.25, 0.3) is 10.4 Å². The summed E-state index contributed by atoms with van der Waals surface area (Å²) in [6.45, 7) is 6.95. The highest BCUT2D eigenvalue weighted by atomic mass is 15.2. The van der Waals surface area contributed by atoms with E-state index in [-0.39, 0.29) is 6.04 Å². The van der Waals surface area contributed by atoms with Gasteiger partial charge in [-0.2, -0.15) is 0 Å². The zero-order chi connectivity index (χ0) is 9.64. The Bertz CT molecular complexity index is 265. The van der Waals surface area contributed by atoms with Crippen molar-refractivity contribution in [3.63, 3.8) is 0 Å². The van der Waals surface area contributed by atoms with Gasteiger partial charge in [-0.1, -0.05) is 25.9 Å². The van der Waals surface area contributed by atoms with E-state index < -0.39 is 0 Å². The minimum Gasteiger partial charge on any atom is -0.0903 e. The van der Waals surface area contributed by atoms with Crippen molar-refractivity contribution in [2.24, 2.45) is 28.3 Å². The molecule has 2 bridgehead atoms. The number of hydrogen-bond donors (Lipinski definition) is 0. The van der Waals surface area contributed by atoms with Crippen LogP contribution >= 0.6 is 0 Å². The lowest BCUT2D eigenvalue weighted by Crippen LogP contribution is -2.56. The minimum absolute atomic E-state index is 0.266. The summed E-state index contributed by atoms with van der Waals surface area (Å²) >= 11 is 0. The quantitative estimate of drug-likeness (QED) is 0.336. The SMILES string of the molecule is C[C@@H]1[C@H]2C[C@@H](C[C@H]1N=[N+]=[N-])C2(C)C. The fourth-order valence-electron chi connectivity index (χ4n) is 3.34. The Morgan fingerprint density at radius 3 is 2.54 bits per heavy atom. The molecule has 3 aliphatic rings. The van der Waals surface area contributed by atoms with Gasteiger partial charge in [0.15, 0.2) is 0 Å². The van der Waals surface area contributed by atoms with Gasteiger partial charge >= 0.3 is 0 Å². The highest BCUT2D eigenvalue weighted by molar-refractivity contribution is 5.06. The molecule has 0 aromatic rings. The van der Waals surface area contributed by atoms with Gasteiger partial charge in [0.1, 0.15) is 0 Å². The van der Waals surface area contributed by atoms with Crippen LogP contribution in [0.3, 0.4) is 0 Å². The van der Waals surface area contributed by atoms with Crippen molar-refractivity contribution in [2.45, 2.75) is 39.7 Å². The van der Waals surface area contributed by atoms with Crippen LogP contribution in [0.15, 0.2) is 5.11 Å². The predicted molar refractivity (Wildman–Crippen MR) is 52.1 cm³/mol. The molecule has 0 heterocycles. The molecule has 0 aromatic carbocycles. The standard InChI is InChI=1S/C10H17N3/c1-6-8-4-7(10(8,2)3)5-9(6)12-13-11/h6-9H,4-5H2,1-3H3/t6-,7+,8-,9-/m1/s1. The average molecular weight is 179 g/mol. The highest BCUT2D eigenvalue weighted by Crippen LogP contribution is 2.61. The van der Waals surface area contributed by atoms with Crippen molar-refractivity contribution in [2.75, 3.05) is 0 Å². The van der Waals surface area contributed by atoms with Gasteiger partial charge in [-0.15, -0.1) is 0 Å². The Kier molecular flexibility index (Phi) is 1.81. The Morgan fingerprint density at radius 2 is 2.08 bits per heavy atom. The summed E-state index contributed by atoms with van der Waals surface area (Å²) < 4.78 is 0. The Hall–Kier alpha value is -0.690. The molecule has 0 aliphatic heterocycles. The molecular formula is C10H17N3. The lowest BCUT2D eigenvalue weighted by atomic mass is 9.45. The molecule has 3 saturated carbocycles. The molecule has 3 heteroatoms. The number of hydrogen-bond acceptors (Lipinski definition) is 1. The maximum absolute atomic E-state index is 8.43. The van der Waals surface area contributed by atoms with E-state index in [1.807, 2.05) is 0 Å². The van der Waals surface area contributed by atoms with Crippen LogP contribution in [0.2, 0.25) is 0 Å². The van der Waals surface area contributed by atoms with E-state index in [2.05, 4.69) is 30.8 Å². The van der Waals surface area contributed by atoms with Gasteiger partial charge in [0.25, 0.3) is 0 Å². The fraction of sp³-hybridized carbons (Fsp3) is 1.00. The normalized spacial score (nSPS) is 46.1. The van der Waals surface area contributed by atoms with Crippen LogP contribution < -0.4 is 0 Å². The molecule has 0 N–H and O–H groups in total. The van der Waals surface area contributed by atoms with Gasteiger partial charge in [0.2, 0.25) is 0 Å². The number of azide groups is 1. The first-order chi connectivity index (χ1) is 6.07. The fourth-order valence-corrected chi connectivity index (χ4v) is 3.34. The maximum Gasteiger partial charge on any atom is 0.0405 e. The van der Waals surface area contributed by atoms with Crippen LogP contribution in [0, 0.1) is 23.2 Å². The van der Waals surface area contributed by atoms with Gasteiger partial charge in [-0.25, -0.2) is 0 Å². The summed E-state index contributed by atoms with van der Waals surface area (Å²) in [4.78, 5) is 2.94. The van der Waals surface area contributed by atoms with Gasteiger partial charge in [0, 0.05) is 11.0 Å². The van der Waals surface area contributed by atoms with Crippen molar-refractivity contribution < 1.29 is 0 Å². The first kappa shape index (κ1) is 8.89. The third-order valence-corrected chi connectivity index (χ3v) is 4.51. The molecule has 0 saturated heterocycles. The molecule has 0 amide bonds. The second-order valence-corrected chi connectivity index (χ2v) is 5.23. The van der Waals surface area contributed by atoms with Crippen molar-refractivity contribution in [1.29, 1.82) is 0 Å². The summed E-state index contributed by atoms with van der Waals surface area (Å²) in [5.74, 6) is 2.15. The predicted octanol–water partition coefficient (Wildman–Crippen LogP) is 3.37. The molecule has 0 radical (unpaired) electrons. The first-order valence-corrected chi connectivity index (χ1v) is 5.11. The molecular weight excluding hydrogens is 162 g/mol. The molecule has 0 unspecified atom stereocenters. The van der Waals surface area contributed by atoms with Crippen LogP contribution in [-0.2, 0) is 0 Å². The molecule has 4 atom stereocenters. The smallest absolute Gasteiger partial charge is 0.0405 e. The van der Waals surface area contributed by atoms with E-state index in [9.17, 15) is 0 Å². The number of fused-ring (bicyclic) bond motifs is 2. The topological polar surface area (TPSA) is 48.8 Å². The average Bonchev–Trinajstić information content (AvgIpc) is 2.08. The second-order valence-electron chi connectivity index (χ2n) is 5.23. The summed E-state index contributed by atoms with van der Waals surface area (Å²) in [6.07, 6.45) is 2.46. The molecule has 3 rings (SSSR count). The number of rotatable bonds is 1. The van der Waals surface area contributed by atoms with E-state index in [4.69, 9.17) is 5.53 Å². The summed E-state index contributed by atoms with van der Waals surface area (Å²) in [6, 6.07) is 0.266. The minimum atomic E-state index is 0.266. The van der Waals surface area contributed by atoms with Gasteiger partial charge in [-0.3, -0.25) is 0 Å². The van der Waals surface area contributed by atoms with E-state index in [0.717, 1.165) is 18.3 Å². The largest absolute Gasteiger partial charge is 0.0903 e. The van der Waals surface area contributed by atoms with Gasteiger partial charge in [0.05, 0.1) is 0 Å². The third kappa shape index (κ3) is 1.07. The highest BCUT2D eigenvalue weighted by Gasteiger charge is 2.55. The Balaban J connectivity index is 2.16. The van der Waals surface area contributed by atoms with Crippen molar-refractivity contribution in [3.05, 3.63) is 10.4 Å². The van der Waals surface area contributed by atoms with Crippen molar-refractivity contribution in [3.8, 4) is 0 Å². The molecule has 3 aliphatic carbocycles. The Morgan fingerprint density at radius 1 is 1.38 bits per heavy atom. The summed E-state index contributed by atoms with van der Waals surface area (Å²) in [5, 5.41) is 3.89. The molecule has 0 spiro atoms. The lowest BCUT2D eigenvalue weighted by Gasteiger charge is -2.61. The van der Waals surface area contributed by atoms with Crippen molar-refractivity contribution in [1.82, 2.24) is 0 Å². The molecule has 0 aromatic heterocycles. The Labute approximate surface area is 79.1 Å². The zero-order valence-corrected chi connectivity index (χ0v) is 8.57. The molecule has 72 valence electrons. The van der Waals surface area contributed by atoms with Crippen molar-refractivity contribution >= 4 is 0 Å². The van der Waals surface area contributed by atoms with Gasteiger partial charge in [-0.05, 0) is 41.5 Å². The lowest BCUT2D eigenvalue weighted by molar-refractivity contribution is -0.108. The third-order valence-electron chi connectivity index (χ3n) is 4.51. The van der Waals surface area contributed by atoms with Crippen LogP contribution in [0.5, 0.6) is 0 Å². The van der Waals surface area contributed by atoms with Crippen LogP contribution in [0.1, 0.15) is 33.6 Å². The van der Waals surface area contributed by atoms with Crippen LogP contribution in [-0.4, -0.2) is 6.04 Å². The second kappa shape index (κ2) is 2.65. The molecule has 13 heavy (non-hydrogen) atoms. The maximum atomic E-state index is 8.43. The molecule has 3 fully saturated rings. The monoisotopic (exact) mass is 179 g/mol. The number of nitrogens with zero attached hydrogens (tertiary/aromatic N) is 3. The zero-order valence-electron chi connectivity index (χ0n) is 8.57.